The molecule has 3 aliphatic rings. The van der Waals surface area contributed by atoms with Crippen molar-refractivity contribution in [1.29, 1.82) is 0 Å². The number of carbonyl (C=O) groups excluding carboxylic acids is 3. The SMILES string of the molecule is COc1ccc(C2c3sc(=O)n(CC(=O)N4CCCCC4)c3SC3C(=O)N(c4ccc(OC)cc4)C(=O)C32)cc1. The van der Waals surface area contributed by atoms with E-state index in [1.54, 1.807) is 38.5 Å². The van der Waals surface area contributed by atoms with Crippen LogP contribution < -0.4 is 19.2 Å². The summed E-state index contributed by atoms with van der Waals surface area (Å²) >= 11 is 2.29. The van der Waals surface area contributed by atoms with Gasteiger partial charge in [0.2, 0.25) is 17.7 Å². The maximum Gasteiger partial charge on any atom is 0.308 e. The molecule has 9 nitrogen and oxygen atoms in total. The minimum atomic E-state index is -0.737. The molecule has 4 heterocycles. The van der Waals surface area contributed by atoms with Gasteiger partial charge in [-0.15, -0.1) is 0 Å². The van der Waals surface area contributed by atoms with Gasteiger partial charge < -0.3 is 14.4 Å². The van der Waals surface area contributed by atoms with Crippen LogP contribution in [0, 0.1) is 5.92 Å². The molecule has 6 rings (SSSR count). The van der Waals surface area contributed by atoms with Crippen LogP contribution in [0.3, 0.4) is 0 Å². The highest BCUT2D eigenvalue weighted by molar-refractivity contribution is 8.00. The first-order valence-corrected chi connectivity index (χ1v) is 14.9. The average molecular weight is 580 g/mol. The Kier molecular flexibility index (Phi) is 7.18. The number of thiazole rings is 1. The zero-order valence-corrected chi connectivity index (χ0v) is 23.8. The molecule has 0 spiro atoms. The molecule has 3 aromatic rings. The summed E-state index contributed by atoms with van der Waals surface area (Å²) in [5.74, 6) is -0.675. The van der Waals surface area contributed by atoms with Crippen molar-refractivity contribution in [1.82, 2.24) is 9.47 Å². The Bertz CT molecular complexity index is 1510. The molecule has 0 N–H and O–H groups in total. The highest BCUT2D eigenvalue weighted by atomic mass is 32.2. The molecule has 0 saturated carbocycles. The first kappa shape index (κ1) is 26.6. The molecule has 40 heavy (non-hydrogen) atoms. The number of methoxy groups -OCH3 is 2. The highest BCUT2D eigenvalue weighted by Gasteiger charge is 2.56. The Morgan fingerprint density at radius 3 is 2.12 bits per heavy atom. The molecule has 11 heteroatoms. The van der Waals surface area contributed by atoms with Crippen LogP contribution in [0.15, 0.2) is 58.4 Å². The number of thioether (sulfide) groups is 1. The van der Waals surface area contributed by atoms with Crippen LogP contribution in [-0.2, 0) is 20.9 Å². The van der Waals surface area contributed by atoms with Gasteiger partial charge in [-0.05, 0) is 61.2 Å². The van der Waals surface area contributed by atoms with Gasteiger partial charge in [0.25, 0.3) is 0 Å². The lowest BCUT2D eigenvalue weighted by atomic mass is 9.83. The number of fused-ring (bicyclic) bond motifs is 2. The molecule has 3 aliphatic heterocycles. The Labute approximate surface area is 239 Å². The molecular weight excluding hydrogens is 550 g/mol. The molecule has 2 fully saturated rings. The predicted octanol–water partition coefficient (Wildman–Crippen LogP) is 3.74. The molecule has 3 amide bonds. The summed E-state index contributed by atoms with van der Waals surface area (Å²) in [5.41, 5.74) is 1.28. The number of hydrogen-bond acceptors (Lipinski definition) is 8. The topological polar surface area (TPSA) is 98.2 Å². The van der Waals surface area contributed by atoms with Crippen LogP contribution in [0.4, 0.5) is 5.69 Å². The van der Waals surface area contributed by atoms with E-state index in [0.29, 0.717) is 40.2 Å². The van der Waals surface area contributed by atoms with Crippen molar-refractivity contribution in [3.05, 3.63) is 68.6 Å². The molecule has 3 atom stereocenters. The third-order valence-electron chi connectivity index (χ3n) is 7.86. The highest BCUT2D eigenvalue weighted by Crippen LogP contribution is 2.54. The second-order valence-corrected chi connectivity index (χ2v) is 12.2. The number of anilines is 1. The fraction of sp³-hybridized carbons (Fsp3) is 0.379. The lowest BCUT2D eigenvalue weighted by Gasteiger charge is -2.31. The Balaban J connectivity index is 1.42. The normalized spacial score (nSPS) is 22.2. The first-order valence-electron chi connectivity index (χ1n) is 13.2. The summed E-state index contributed by atoms with van der Waals surface area (Å²) in [6.07, 6.45) is 3.01. The molecule has 0 bridgehead atoms. The third-order valence-corrected chi connectivity index (χ3v) is 10.5. The fourth-order valence-electron chi connectivity index (χ4n) is 5.79. The molecule has 208 valence electrons. The number of likely N-dealkylation sites (tertiary alicyclic amines) is 1. The second-order valence-electron chi connectivity index (χ2n) is 10.1. The summed E-state index contributed by atoms with van der Waals surface area (Å²) in [6, 6.07) is 14.2. The van der Waals surface area contributed by atoms with Crippen LogP contribution in [-0.4, -0.2) is 59.7 Å². The Morgan fingerprint density at radius 2 is 1.50 bits per heavy atom. The predicted molar refractivity (Wildman–Crippen MR) is 152 cm³/mol. The van der Waals surface area contributed by atoms with Crippen molar-refractivity contribution in [3.8, 4) is 11.5 Å². The number of amides is 3. The molecule has 0 aliphatic carbocycles. The smallest absolute Gasteiger partial charge is 0.308 e. The molecule has 2 aromatic carbocycles. The van der Waals surface area contributed by atoms with Gasteiger partial charge in [0.15, 0.2) is 0 Å². The van der Waals surface area contributed by atoms with Gasteiger partial charge in [0, 0.05) is 23.9 Å². The van der Waals surface area contributed by atoms with Crippen molar-refractivity contribution >= 4 is 46.5 Å². The van der Waals surface area contributed by atoms with Crippen LogP contribution in [0.25, 0.3) is 0 Å². The van der Waals surface area contributed by atoms with Gasteiger partial charge >= 0.3 is 4.87 Å². The number of benzene rings is 2. The number of hydrogen-bond donors (Lipinski definition) is 0. The summed E-state index contributed by atoms with van der Waals surface area (Å²) < 4.78 is 12.1. The maximum absolute atomic E-state index is 14.0. The number of nitrogens with zero attached hydrogens (tertiary/aromatic N) is 3. The summed E-state index contributed by atoms with van der Waals surface area (Å²) in [4.78, 5) is 57.8. The van der Waals surface area contributed by atoms with E-state index in [1.165, 1.54) is 21.2 Å². The number of carbonyl (C=O) groups is 3. The van der Waals surface area contributed by atoms with Crippen molar-refractivity contribution in [2.24, 2.45) is 5.92 Å². The maximum atomic E-state index is 14.0. The van der Waals surface area contributed by atoms with E-state index in [2.05, 4.69) is 0 Å². The lowest BCUT2D eigenvalue weighted by molar-refractivity contribution is -0.133. The lowest BCUT2D eigenvalue weighted by Crippen LogP contribution is -2.39. The summed E-state index contributed by atoms with van der Waals surface area (Å²) in [7, 11) is 3.14. The zero-order valence-electron chi connectivity index (χ0n) is 22.2. The van der Waals surface area contributed by atoms with Crippen molar-refractivity contribution in [2.75, 3.05) is 32.2 Å². The van der Waals surface area contributed by atoms with E-state index in [4.69, 9.17) is 9.47 Å². The van der Waals surface area contributed by atoms with Gasteiger partial charge in [-0.2, -0.15) is 0 Å². The van der Waals surface area contributed by atoms with E-state index < -0.39 is 17.1 Å². The minimum Gasteiger partial charge on any atom is -0.497 e. The van der Waals surface area contributed by atoms with Crippen LogP contribution in [0.2, 0.25) is 0 Å². The van der Waals surface area contributed by atoms with Gasteiger partial charge in [-0.25, -0.2) is 4.90 Å². The Hall–Kier alpha value is -3.57. The van der Waals surface area contributed by atoms with Crippen LogP contribution >= 0.6 is 23.1 Å². The van der Waals surface area contributed by atoms with E-state index in [9.17, 15) is 19.2 Å². The molecule has 2 saturated heterocycles. The van der Waals surface area contributed by atoms with Crippen molar-refractivity contribution in [3.63, 3.8) is 0 Å². The van der Waals surface area contributed by atoms with Crippen LogP contribution in [0.5, 0.6) is 11.5 Å². The Morgan fingerprint density at radius 1 is 0.875 bits per heavy atom. The first-order chi connectivity index (χ1) is 19.4. The van der Waals surface area contributed by atoms with Gasteiger partial charge in [0.05, 0.1) is 30.9 Å². The number of ether oxygens (including phenoxy) is 2. The number of rotatable bonds is 6. The van der Waals surface area contributed by atoms with E-state index in [1.807, 2.05) is 29.2 Å². The zero-order chi connectivity index (χ0) is 28.0. The van der Waals surface area contributed by atoms with Gasteiger partial charge in [0.1, 0.15) is 23.3 Å². The average Bonchev–Trinajstić information content (AvgIpc) is 3.43. The quantitative estimate of drug-likeness (QED) is 0.411. The number of piperidine rings is 1. The standard InChI is InChI=1S/C29H29N3O6S2/c1-37-19-10-6-17(7-11-19)22-23-24(27(35)32(26(23)34)18-8-12-20(38-2)13-9-18)39-28-25(22)40-29(36)31(28)16-21(33)30-14-4-3-5-15-30/h6-13,22-24H,3-5,14-16H2,1-2H3. The van der Waals surface area contributed by atoms with E-state index in [0.717, 1.165) is 36.2 Å². The van der Waals surface area contributed by atoms with Crippen molar-refractivity contribution < 1.29 is 23.9 Å². The number of imide groups is 1. The fourth-order valence-corrected chi connectivity index (χ4v) is 8.56. The summed E-state index contributed by atoms with van der Waals surface area (Å²) in [5, 5.41) is -0.139. The summed E-state index contributed by atoms with van der Waals surface area (Å²) in [6.45, 7) is 1.31. The second kappa shape index (κ2) is 10.8. The van der Waals surface area contributed by atoms with Gasteiger partial charge in [-0.1, -0.05) is 35.2 Å². The van der Waals surface area contributed by atoms with E-state index >= 15 is 0 Å². The van der Waals surface area contributed by atoms with E-state index in [-0.39, 0.29) is 29.1 Å². The van der Waals surface area contributed by atoms with Crippen LogP contribution in [0.1, 0.15) is 35.6 Å². The largest absolute Gasteiger partial charge is 0.497 e. The molecule has 0 radical (unpaired) electrons. The van der Waals surface area contributed by atoms with Gasteiger partial charge in [-0.3, -0.25) is 23.7 Å². The third kappa shape index (κ3) is 4.50. The van der Waals surface area contributed by atoms with Crippen molar-refractivity contribution in [2.45, 2.75) is 42.0 Å². The molecule has 3 unspecified atom stereocenters. The molecular formula is C29H29N3O6S2. The monoisotopic (exact) mass is 579 g/mol. The minimum absolute atomic E-state index is 0.0747. The number of aromatic nitrogens is 1. The molecule has 1 aromatic heterocycles.